The molecular formula is C16H30O3. The zero-order valence-corrected chi connectivity index (χ0v) is 13.4. The molecule has 19 heavy (non-hydrogen) atoms. The van der Waals surface area contributed by atoms with Gasteiger partial charge in [0.2, 0.25) is 0 Å². The number of ether oxygens (including phenoxy) is 2. The smallest absolute Gasteiger partial charge is 0.311 e. The molecule has 0 bridgehead atoms. The molecule has 112 valence electrons. The van der Waals surface area contributed by atoms with E-state index in [9.17, 15) is 4.79 Å². The Labute approximate surface area is 118 Å². The minimum atomic E-state index is -0.373. The van der Waals surface area contributed by atoms with Crippen LogP contribution in [0, 0.1) is 5.41 Å². The van der Waals surface area contributed by atoms with Crippen LogP contribution < -0.4 is 0 Å². The lowest BCUT2D eigenvalue weighted by Crippen LogP contribution is -2.31. The van der Waals surface area contributed by atoms with Crippen molar-refractivity contribution in [1.82, 2.24) is 0 Å². The minimum absolute atomic E-state index is 0.0379. The predicted octanol–water partition coefficient (Wildman–Crippen LogP) is 4.09. The van der Waals surface area contributed by atoms with Crippen LogP contribution in [0.3, 0.4) is 0 Å². The van der Waals surface area contributed by atoms with Crippen LogP contribution >= 0.6 is 0 Å². The number of rotatable bonds is 6. The zero-order chi connectivity index (χ0) is 14.7. The predicted molar refractivity (Wildman–Crippen MR) is 77.0 cm³/mol. The Morgan fingerprint density at radius 2 is 1.63 bits per heavy atom. The van der Waals surface area contributed by atoms with E-state index in [1.165, 1.54) is 0 Å². The van der Waals surface area contributed by atoms with Gasteiger partial charge < -0.3 is 9.47 Å². The SMILES string of the molecule is CCC(C)(C)OC1CCC(OC(=O)C(C)(C)CC)C1. The first-order valence-electron chi connectivity index (χ1n) is 7.59. The van der Waals surface area contributed by atoms with Gasteiger partial charge in [0.25, 0.3) is 0 Å². The molecular weight excluding hydrogens is 240 g/mol. The summed E-state index contributed by atoms with van der Waals surface area (Å²) < 4.78 is 11.7. The first-order chi connectivity index (χ1) is 8.70. The van der Waals surface area contributed by atoms with Gasteiger partial charge in [0.05, 0.1) is 17.1 Å². The Morgan fingerprint density at radius 3 is 2.16 bits per heavy atom. The molecule has 0 aromatic heterocycles. The van der Waals surface area contributed by atoms with E-state index in [4.69, 9.17) is 9.47 Å². The summed E-state index contributed by atoms with van der Waals surface area (Å²) in [6.45, 7) is 12.3. The van der Waals surface area contributed by atoms with Crippen LogP contribution in [0.1, 0.15) is 73.6 Å². The van der Waals surface area contributed by atoms with Crippen LogP contribution in [0.15, 0.2) is 0 Å². The number of esters is 1. The lowest BCUT2D eigenvalue weighted by molar-refractivity contribution is -0.160. The van der Waals surface area contributed by atoms with Crippen molar-refractivity contribution in [3.05, 3.63) is 0 Å². The average molecular weight is 270 g/mol. The Kier molecular flexibility index (Phi) is 5.43. The topological polar surface area (TPSA) is 35.5 Å². The van der Waals surface area contributed by atoms with Crippen LogP contribution in [0.25, 0.3) is 0 Å². The van der Waals surface area contributed by atoms with Gasteiger partial charge >= 0.3 is 5.97 Å². The molecule has 2 unspecified atom stereocenters. The van der Waals surface area contributed by atoms with Crippen molar-refractivity contribution in [2.24, 2.45) is 5.41 Å². The normalized spacial score (nSPS) is 24.5. The monoisotopic (exact) mass is 270 g/mol. The fraction of sp³-hybridized carbons (Fsp3) is 0.938. The minimum Gasteiger partial charge on any atom is -0.462 e. The molecule has 0 aromatic rings. The summed E-state index contributed by atoms with van der Waals surface area (Å²) in [5.74, 6) is -0.0737. The summed E-state index contributed by atoms with van der Waals surface area (Å²) in [5, 5.41) is 0. The molecule has 0 spiro atoms. The number of hydrogen-bond acceptors (Lipinski definition) is 3. The highest BCUT2D eigenvalue weighted by molar-refractivity contribution is 5.76. The summed E-state index contributed by atoms with van der Waals surface area (Å²) in [6.07, 6.45) is 4.84. The molecule has 3 nitrogen and oxygen atoms in total. The molecule has 1 fully saturated rings. The molecule has 3 heteroatoms. The van der Waals surface area contributed by atoms with E-state index in [0.29, 0.717) is 0 Å². The maximum Gasteiger partial charge on any atom is 0.311 e. The van der Waals surface area contributed by atoms with Crippen molar-refractivity contribution in [2.75, 3.05) is 0 Å². The lowest BCUT2D eigenvalue weighted by Gasteiger charge is -2.28. The largest absolute Gasteiger partial charge is 0.462 e. The van der Waals surface area contributed by atoms with E-state index in [1.807, 2.05) is 20.8 Å². The number of carbonyl (C=O) groups is 1. The van der Waals surface area contributed by atoms with Gasteiger partial charge in [0.1, 0.15) is 6.10 Å². The van der Waals surface area contributed by atoms with Gasteiger partial charge in [0.15, 0.2) is 0 Å². The van der Waals surface area contributed by atoms with Gasteiger partial charge in [-0.2, -0.15) is 0 Å². The van der Waals surface area contributed by atoms with E-state index in [2.05, 4.69) is 20.8 Å². The summed E-state index contributed by atoms with van der Waals surface area (Å²) in [6, 6.07) is 0. The molecule has 2 atom stereocenters. The second kappa shape index (κ2) is 6.25. The fourth-order valence-electron chi connectivity index (χ4n) is 2.10. The van der Waals surface area contributed by atoms with Gasteiger partial charge in [-0.05, 0) is 53.4 Å². The third-order valence-electron chi connectivity index (χ3n) is 4.38. The standard InChI is InChI=1S/C16H30O3/c1-7-15(3,4)14(17)18-12-9-10-13(11-12)19-16(5,6)8-2/h12-13H,7-11H2,1-6H3. The first-order valence-corrected chi connectivity index (χ1v) is 7.59. The Hall–Kier alpha value is -0.570. The second-order valence-electron chi connectivity index (χ2n) is 6.93. The average Bonchev–Trinajstić information content (AvgIpc) is 2.75. The molecule has 1 saturated carbocycles. The third kappa shape index (κ3) is 4.79. The van der Waals surface area contributed by atoms with Gasteiger partial charge in [-0.25, -0.2) is 0 Å². The Balaban J connectivity index is 2.43. The molecule has 1 aliphatic carbocycles. The van der Waals surface area contributed by atoms with Crippen LogP contribution in [0.5, 0.6) is 0 Å². The summed E-state index contributed by atoms with van der Waals surface area (Å²) in [5.41, 5.74) is -0.451. The van der Waals surface area contributed by atoms with Crippen LogP contribution in [-0.4, -0.2) is 23.8 Å². The van der Waals surface area contributed by atoms with Crippen molar-refractivity contribution in [2.45, 2.75) is 91.5 Å². The first kappa shape index (κ1) is 16.5. The molecule has 0 aromatic carbocycles. The highest BCUT2D eigenvalue weighted by atomic mass is 16.6. The lowest BCUT2D eigenvalue weighted by atomic mass is 9.90. The Morgan fingerprint density at radius 1 is 1.05 bits per heavy atom. The summed E-state index contributed by atoms with van der Waals surface area (Å²) in [7, 11) is 0. The number of carbonyl (C=O) groups excluding carboxylic acids is 1. The van der Waals surface area contributed by atoms with Crippen molar-refractivity contribution >= 4 is 5.97 Å². The van der Waals surface area contributed by atoms with Crippen molar-refractivity contribution in [3.63, 3.8) is 0 Å². The number of hydrogen-bond donors (Lipinski definition) is 0. The third-order valence-corrected chi connectivity index (χ3v) is 4.38. The molecule has 0 radical (unpaired) electrons. The summed E-state index contributed by atoms with van der Waals surface area (Å²) in [4.78, 5) is 12.0. The molecule has 0 saturated heterocycles. The van der Waals surface area contributed by atoms with Gasteiger partial charge in [-0.15, -0.1) is 0 Å². The van der Waals surface area contributed by atoms with Crippen molar-refractivity contribution in [1.29, 1.82) is 0 Å². The molecule has 1 rings (SSSR count). The second-order valence-corrected chi connectivity index (χ2v) is 6.93. The molecule has 0 amide bonds. The van der Waals surface area contributed by atoms with Crippen molar-refractivity contribution < 1.29 is 14.3 Å². The van der Waals surface area contributed by atoms with Crippen molar-refractivity contribution in [3.8, 4) is 0 Å². The Bertz CT molecular complexity index is 307. The highest BCUT2D eigenvalue weighted by Gasteiger charge is 2.35. The maximum atomic E-state index is 12.0. The van der Waals surface area contributed by atoms with Gasteiger partial charge in [0, 0.05) is 6.42 Å². The molecule has 0 N–H and O–H groups in total. The molecule has 0 heterocycles. The van der Waals surface area contributed by atoms with Crippen LogP contribution in [-0.2, 0) is 14.3 Å². The van der Waals surface area contributed by atoms with Crippen LogP contribution in [0.2, 0.25) is 0 Å². The fourth-order valence-corrected chi connectivity index (χ4v) is 2.10. The van der Waals surface area contributed by atoms with E-state index in [1.54, 1.807) is 0 Å². The van der Waals surface area contributed by atoms with E-state index in [-0.39, 0.29) is 29.2 Å². The highest BCUT2D eigenvalue weighted by Crippen LogP contribution is 2.31. The quantitative estimate of drug-likeness (QED) is 0.682. The van der Waals surface area contributed by atoms with Gasteiger partial charge in [-0.3, -0.25) is 4.79 Å². The van der Waals surface area contributed by atoms with Crippen LogP contribution in [0.4, 0.5) is 0 Å². The van der Waals surface area contributed by atoms with E-state index < -0.39 is 0 Å². The molecule has 1 aliphatic rings. The molecule has 0 aliphatic heterocycles. The van der Waals surface area contributed by atoms with E-state index in [0.717, 1.165) is 32.1 Å². The van der Waals surface area contributed by atoms with E-state index >= 15 is 0 Å². The maximum absolute atomic E-state index is 12.0. The zero-order valence-electron chi connectivity index (χ0n) is 13.4. The van der Waals surface area contributed by atoms with Gasteiger partial charge in [-0.1, -0.05) is 13.8 Å². The summed E-state index contributed by atoms with van der Waals surface area (Å²) >= 11 is 0.